The molecule has 0 aliphatic rings. The van der Waals surface area contributed by atoms with E-state index in [9.17, 15) is 9.18 Å². The first kappa shape index (κ1) is 14.0. The molecule has 0 saturated carbocycles. The molecule has 1 heterocycles. The first-order valence-electron chi connectivity index (χ1n) is 6.16. The van der Waals surface area contributed by atoms with E-state index in [1.807, 2.05) is 0 Å². The van der Waals surface area contributed by atoms with Gasteiger partial charge >= 0.3 is 0 Å². The Labute approximate surface area is 116 Å². The lowest BCUT2D eigenvalue weighted by atomic mass is 10.1. The number of pyridine rings is 1. The van der Waals surface area contributed by atoms with Crippen molar-refractivity contribution in [3.63, 3.8) is 0 Å². The third kappa shape index (κ3) is 2.60. The van der Waals surface area contributed by atoms with Gasteiger partial charge < -0.3 is 10.3 Å². The predicted molar refractivity (Wildman–Crippen MR) is 75.8 cm³/mol. The number of nitrogens with one attached hydrogen (secondary N) is 1. The van der Waals surface area contributed by atoms with Crippen LogP contribution in [-0.4, -0.2) is 17.4 Å². The molecule has 1 aromatic heterocycles. The highest BCUT2D eigenvalue weighted by Gasteiger charge is 2.21. The molecule has 104 valence electrons. The van der Waals surface area contributed by atoms with Crippen LogP contribution in [-0.2, 0) is 0 Å². The largest absolute Gasteiger partial charge is 0.322 e. The molecule has 0 aliphatic carbocycles. The number of hydrazine groups is 1. The van der Waals surface area contributed by atoms with Gasteiger partial charge in [0, 0.05) is 12.7 Å². The number of nitrogens with zero attached hydrogens (tertiary/aromatic N) is 2. The van der Waals surface area contributed by atoms with E-state index in [4.69, 9.17) is 5.84 Å². The summed E-state index contributed by atoms with van der Waals surface area (Å²) in [6.07, 6.45) is 2.94. The first-order valence-corrected chi connectivity index (χ1v) is 6.16. The number of para-hydroxylation sites is 1. The van der Waals surface area contributed by atoms with E-state index in [2.05, 4.69) is 10.4 Å². The molecule has 0 bridgehead atoms. The summed E-state index contributed by atoms with van der Waals surface area (Å²) in [5, 5.41) is 0. The summed E-state index contributed by atoms with van der Waals surface area (Å²) in [7, 11) is 0. The van der Waals surface area contributed by atoms with Gasteiger partial charge in [0.1, 0.15) is 5.82 Å². The number of amides is 1. The fourth-order valence-electron chi connectivity index (χ4n) is 1.94. The van der Waals surface area contributed by atoms with Crippen molar-refractivity contribution in [2.24, 2.45) is 5.84 Å². The summed E-state index contributed by atoms with van der Waals surface area (Å²) in [5.74, 6) is 4.58. The van der Waals surface area contributed by atoms with E-state index in [1.165, 1.54) is 23.4 Å². The zero-order valence-corrected chi connectivity index (χ0v) is 11.0. The van der Waals surface area contributed by atoms with Crippen LogP contribution in [0.15, 0.2) is 42.7 Å². The second kappa shape index (κ2) is 6.12. The minimum atomic E-state index is -0.445. The average molecular weight is 274 g/mol. The van der Waals surface area contributed by atoms with E-state index in [0.717, 1.165) is 0 Å². The molecule has 1 amide bonds. The molecule has 3 N–H and O–H groups in total. The lowest BCUT2D eigenvalue weighted by Gasteiger charge is -2.22. The molecule has 0 saturated heterocycles. The molecule has 5 nitrogen and oxygen atoms in total. The van der Waals surface area contributed by atoms with Gasteiger partial charge in [0.15, 0.2) is 0 Å². The van der Waals surface area contributed by atoms with Crippen LogP contribution < -0.4 is 16.2 Å². The lowest BCUT2D eigenvalue weighted by molar-refractivity contribution is 0.0988. The normalized spacial score (nSPS) is 10.2. The quantitative estimate of drug-likeness (QED) is 0.662. The third-order valence-corrected chi connectivity index (χ3v) is 2.91. The number of carbonyl (C=O) groups excluding carboxylic acids is 1. The third-order valence-electron chi connectivity index (χ3n) is 2.91. The van der Waals surface area contributed by atoms with Gasteiger partial charge in [-0.15, -0.1) is 0 Å². The molecule has 6 heteroatoms. The molecule has 2 aromatic rings. The van der Waals surface area contributed by atoms with E-state index >= 15 is 0 Å². The van der Waals surface area contributed by atoms with E-state index in [1.54, 1.807) is 31.2 Å². The van der Waals surface area contributed by atoms with Crippen LogP contribution >= 0.6 is 0 Å². The molecule has 0 spiro atoms. The molecule has 20 heavy (non-hydrogen) atoms. The fraction of sp³-hybridized carbons (Fsp3) is 0.143. The van der Waals surface area contributed by atoms with Crippen molar-refractivity contribution in [3.05, 3.63) is 54.1 Å². The van der Waals surface area contributed by atoms with Crippen LogP contribution in [0.2, 0.25) is 0 Å². The molecular weight excluding hydrogens is 259 g/mol. The minimum absolute atomic E-state index is 0.236. The van der Waals surface area contributed by atoms with Crippen LogP contribution in [0.3, 0.4) is 0 Å². The van der Waals surface area contributed by atoms with Gasteiger partial charge in [-0.3, -0.25) is 15.6 Å². The highest BCUT2D eigenvalue weighted by atomic mass is 19.1. The highest BCUT2D eigenvalue weighted by molar-refractivity contribution is 6.09. The number of benzene rings is 1. The summed E-state index contributed by atoms with van der Waals surface area (Å²) < 4.78 is 13.8. The second-order valence-corrected chi connectivity index (χ2v) is 4.07. The van der Waals surface area contributed by atoms with Crippen molar-refractivity contribution in [1.29, 1.82) is 0 Å². The number of hydrogen-bond acceptors (Lipinski definition) is 4. The summed E-state index contributed by atoms with van der Waals surface area (Å²) in [6.45, 7) is 2.12. The molecule has 0 fully saturated rings. The van der Waals surface area contributed by atoms with Crippen molar-refractivity contribution >= 4 is 17.3 Å². The number of hydrogen-bond donors (Lipinski definition) is 2. The second-order valence-electron chi connectivity index (χ2n) is 4.07. The van der Waals surface area contributed by atoms with Crippen LogP contribution in [0.25, 0.3) is 0 Å². The molecule has 0 radical (unpaired) electrons. The Kier molecular flexibility index (Phi) is 4.27. The van der Waals surface area contributed by atoms with Crippen molar-refractivity contribution < 1.29 is 9.18 Å². The predicted octanol–water partition coefficient (Wildman–Crippen LogP) is 2.17. The van der Waals surface area contributed by atoms with Gasteiger partial charge in [-0.2, -0.15) is 0 Å². The number of halogens is 1. The van der Waals surface area contributed by atoms with Gasteiger partial charge in [-0.1, -0.05) is 12.1 Å². The number of rotatable bonds is 4. The van der Waals surface area contributed by atoms with Crippen LogP contribution in [0.1, 0.15) is 17.3 Å². The number of nitrogens with two attached hydrogens (primary N) is 1. The van der Waals surface area contributed by atoms with Crippen molar-refractivity contribution in [2.45, 2.75) is 6.92 Å². The summed E-state index contributed by atoms with van der Waals surface area (Å²) >= 11 is 0. The fourth-order valence-corrected chi connectivity index (χ4v) is 1.94. The number of anilines is 2. The maximum atomic E-state index is 13.8. The Bertz CT molecular complexity index is 618. The molecule has 0 aliphatic heterocycles. The van der Waals surface area contributed by atoms with Crippen LogP contribution in [0.5, 0.6) is 0 Å². The monoisotopic (exact) mass is 274 g/mol. The van der Waals surface area contributed by atoms with Crippen LogP contribution in [0.4, 0.5) is 15.8 Å². The van der Waals surface area contributed by atoms with Crippen molar-refractivity contribution in [2.75, 3.05) is 16.9 Å². The SMILES string of the molecule is CCN(C(=O)c1ccncc1NN)c1ccccc1F. The molecular formula is C14H15FN4O. The molecule has 2 rings (SSSR count). The first-order chi connectivity index (χ1) is 9.69. The minimum Gasteiger partial charge on any atom is -0.322 e. The Hall–Kier alpha value is -2.47. The van der Waals surface area contributed by atoms with Gasteiger partial charge in [-0.05, 0) is 25.1 Å². The van der Waals surface area contributed by atoms with E-state index in [-0.39, 0.29) is 11.6 Å². The standard InChI is InChI=1S/C14H15FN4O/c1-2-19(13-6-4-3-5-11(13)15)14(20)10-7-8-17-9-12(10)18-16/h3-9,18H,2,16H2,1H3. The Morgan fingerprint density at radius 2 is 2.15 bits per heavy atom. The maximum Gasteiger partial charge on any atom is 0.260 e. The Balaban J connectivity index is 2.42. The number of nitrogen functional groups attached to an aromatic ring is 1. The van der Waals surface area contributed by atoms with Crippen LogP contribution in [0, 0.1) is 5.82 Å². The summed E-state index contributed by atoms with van der Waals surface area (Å²) in [4.78, 5) is 17.8. The number of carbonyl (C=O) groups is 1. The van der Waals surface area contributed by atoms with Gasteiger partial charge in [0.25, 0.3) is 5.91 Å². The zero-order valence-electron chi connectivity index (χ0n) is 11.0. The molecule has 0 atom stereocenters. The maximum absolute atomic E-state index is 13.8. The van der Waals surface area contributed by atoms with Crippen molar-refractivity contribution in [1.82, 2.24) is 4.98 Å². The highest BCUT2D eigenvalue weighted by Crippen LogP contribution is 2.23. The zero-order chi connectivity index (χ0) is 14.5. The van der Waals surface area contributed by atoms with Gasteiger partial charge in [-0.25, -0.2) is 4.39 Å². The molecule has 0 unspecified atom stereocenters. The van der Waals surface area contributed by atoms with Gasteiger partial charge in [0.2, 0.25) is 0 Å². The average Bonchev–Trinajstić information content (AvgIpc) is 2.49. The smallest absolute Gasteiger partial charge is 0.260 e. The Morgan fingerprint density at radius 1 is 1.40 bits per heavy atom. The Morgan fingerprint density at radius 3 is 2.80 bits per heavy atom. The van der Waals surface area contributed by atoms with Crippen molar-refractivity contribution in [3.8, 4) is 0 Å². The van der Waals surface area contributed by atoms with E-state index in [0.29, 0.717) is 17.8 Å². The molecule has 1 aromatic carbocycles. The van der Waals surface area contributed by atoms with E-state index < -0.39 is 5.82 Å². The van der Waals surface area contributed by atoms with Gasteiger partial charge in [0.05, 0.1) is 23.1 Å². The lowest BCUT2D eigenvalue weighted by Crippen LogP contribution is -2.32. The summed E-state index contributed by atoms with van der Waals surface area (Å²) in [5.41, 5.74) is 3.39. The topological polar surface area (TPSA) is 71.2 Å². The number of aromatic nitrogens is 1. The summed E-state index contributed by atoms with van der Waals surface area (Å²) in [6, 6.07) is 7.69.